The number of aliphatic imine (C=N–C) groups is 1. The zero-order valence-corrected chi connectivity index (χ0v) is 16.4. The standard InChI is InChI=1S/C18H18IN3O2S/c19-14-6-7-15-16(10-14)25-22-17(21-15)18(24)20-11-13(8-9-23)12-4-2-1-3-5-12/h1-7,10,13,23H,8-9,11H2,(H,20,24)(H,21,22). The van der Waals surface area contributed by atoms with Gasteiger partial charge in [0.05, 0.1) is 10.6 Å². The lowest BCUT2D eigenvalue weighted by molar-refractivity contribution is -0.115. The van der Waals surface area contributed by atoms with Gasteiger partial charge in [0.2, 0.25) is 5.84 Å². The molecule has 0 aromatic heterocycles. The predicted molar refractivity (Wildman–Crippen MR) is 109 cm³/mol. The monoisotopic (exact) mass is 467 g/mol. The molecule has 5 nitrogen and oxygen atoms in total. The SMILES string of the molecule is O=C(NCC(CCO)c1ccccc1)C1=Nc2ccc(I)cc2SN1. The third-order valence-corrected chi connectivity index (χ3v) is 5.40. The average molecular weight is 467 g/mol. The summed E-state index contributed by atoms with van der Waals surface area (Å²) in [7, 11) is 0. The minimum atomic E-state index is -0.240. The highest BCUT2D eigenvalue weighted by atomic mass is 127. The molecule has 1 heterocycles. The second kappa shape index (κ2) is 8.68. The summed E-state index contributed by atoms with van der Waals surface area (Å²) in [4.78, 5) is 17.8. The van der Waals surface area contributed by atoms with Crippen molar-refractivity contribution in [2.75, 3.05) is 13.2 Å². The molecule has 25 heavy (non-hydrogen) atoms. The topological polar surface area (TPSA) is 73.7 Å². The van der Waals surface area contributed by atoms with Crippen LogP contribution < -0.4 is 10.0 Å². The summed E-state index contributed by atoms with van der Waals surface area (Å²) in [5.41, 5.74) is 1.90. The van der Waals surface area contributed by atoms with E-state index in [2.05, 4.69) is 37.6 Å². The molecule has 1 unspecified atom stereocenters. The molecule has 0 fully saturated rings. The average Bonchev–Trinajstić information content (AvgIpc) is 2.65. The van der Waals surface area contributed by atoms with Gasteiger partial charge in [0.15, 0.2) is 0 Å². The number of fused-ring (bicyclic) bond motifs is 1. The lowest BCUT2D eigenvalue weighted by atomic mass is 9.96. The molecule has 0 radical (unpaired) electrons. The van der Waals surface area contributed by atoms with Gasteiger partial charge >= 0.3 is 0 Å². The van der Waals surface area contributed by atoms with Crippen LogP contribution in [0.4, 0.5) is 5.69 Å². The lowest BCUT2D eigenvalue weighted by Crippen LogP contribution is -2.40. The first-order chi connectivity index (χ1) is 12.2. The molecule has 0 spiro atoms. The number of nitrogens with one attached hydrogen (secondary N) is 2. The van der Waals surface area contributed by atoms with Gasteiger partial charge in [-0.3, -0.25) is 4.79 Å². The maximum Gasteiger partial charge on any atom is 0.287 e. The second-order valence-electron chi connectivity index (χ2n) is 5.61. The van der Waals surface area contributed by atoms with Gasteiger partial charge in [0.1, 0.15) is 0 Å². The second-order valence-corrected chi connectivity index (χ2v) is 7.70. The molecule has 1 aliphatic rings. The number of halogens is 1. The molecule has 1 aliphatic heterocycles. The Kier molecular flexibility index (Phi) is 6.33. The van der Waals surface area contributed by atoms with Crippen LogP contribution in [0.15, 0.2) is 58.4 Å². The number of amides is 1. The maximum absolute atomic E-state index is 12.4. The summed E-state index contributed by atoms with van der Waals surface area (Å²) in [5, 5.41) is 12.2. The van der Waals surface area contributed by atoms with Crippen molar-refractivity contribution in [2.24, 2.45) is 4.99 Å². The number of amidine groups is 1. The van der Waals surface area contributed by atoms with Crippen molar-refractivity contribution >= 4 is 52.0 Å². The van der Waals surface area contributed by atoms with Crippen LogP contribution in [0.1, 0.15) is 17.9 Å². The van der Waals surface area contributed by atoms with Gasteiger partial charge in [-0.05, 0) is 64.7 Å². The summed E-state index contributed by atoms with van der Waals surface area (Å²) in [6.45, 7) is 0.533. The molecule has 0 saturated carbocycles. The highest BCUT2D eigenvalue weighted by Gasteiger charge is 2.20. The third-order valence-electron chi connectivity index (χ3n) is 3.88. The Hall–Kier alpha value is -1.58. The highest BCUT2D eigenvalue weighted by Crippen LogP contribution is 2.32. The number of hydrogen-bond donors (Lipinski definition) is 3. The Morgan fingerprint density at radius 2 is 2.08 bits per heavy atom. The van der Waals surface area contributed by atoms with E-state index in [1.165, 1.54) is 11.9 Å². The van der Waals surface area contributed by atoms with Crippen molar-refractivity contribution in [1.82, 2.24) is 10.0 Å². The van der Waals surface area contributed by atoms with Crippen LogP contribution in [0, 0.1) is 3.57 Å². The zero-order chi connectivity index (χ0) is 17.6. The molecule has 3 rings (SSSR count). The number of carbonyl (C=O) groups is 1. The van der Waals surface area contributed by atoms with Gasteiger partial charge in [-0.25, -0.2) is 4.99 Å². The summed E-state index contributed by atoms with van der Waals surface area (Å²) < 4.78 is 4.13. The molecule has 2 aromatic carbocycles. The fourth-order valence-electron chi connectivity index (χ4n) is 2.57. The summed E-state index contributed by atoms with van der Waals surface area (Å²) in [5.74, 6) is 0.131. The first-order valence-electron chi connectivity index (χ1n) is 7.92. The van der Waals surface area contributed by atoms with Crippen LogP contribution in [0.2, 0.25) is 0 Å². The predicted octanol–water partition coefficient (Wildman–Crippen LogP) is 3.21. The largest absolute Gasteiger partial charge is 0.396 e. The molecule has 2 aromatic rings. The van der Waals surface area contributed by atoms with Gasteiger partial charge in [-0.15, -0.1) is 0 Å². The van der Waals surface area contributed by atoms with Crippen LogP contribution >= 0.6 is 34.5 Å². The van der Waals surface area contributed by atoms with Crippen LogP contribution in [0.25, 0.3) is 0 Å². The minimum Gasteiger partial charge on any atom is -0.396 e. The van der Waals surface area contributed by atoms with E-state index in [0.717, 1.165) is 19.7 Å². The molecule has 0 aliphatic carbocycles. The highest BCUT2D eigenvalue weighted by molar-refractivity contribution is 14.1. The van der Waals surface area contributed by atoms with E-state index in [4.69, 9.17) is 0 Å². The Labute approximate surface area is 164 Å². The summed E-state index contributed by atoms with van der Waals surface area (Å²) in [6, 6.07) is 15.8. The van der Waals surface area contributed by atoms with Crippen LogP contribution in [-0.4, -0.2) is 30.0 Å². The van der Waals surface area contributed by atoms with Crippen LogP contribution in [-0.2, 0) is 4.79 Å². The summed E-state index contributed by atoms with van der Waals surface area (Å²) in [6.07, 6.45) is 0.597. The van der Waals surface area contributed by atoms with Crippen molar-refractivity contribution in [2.45, 2.75) is 17.2 Å². The molecule has 1 amide bonds. The van der Waals surface area contributed by atoms with Crippen molar-refractivity contribution in [1.29, 1.82) is 0 Å². The minimum absolute atomic E-state index is 0.0702. The molecule has 130 valence electrons. The molecular weight excluding hydrogens is 449 g/mol. The first kappa shape index (κ1) is 18.2. The summed E-state index contributed by atoms with van der Waals surface area (Å²) >= 11 is 3.64. The number of rotatable bonds is 6. The molecule has 7 heteroatoms. The molecule has 3 N–H and O–H groups in total. The van der Waals surface area contributed by atoms with Gasteiger partial charge in [-0.2, -0.15) is 0 Å². The van der Waals surface area contributed by atoms with E-state index < -0.39 is 0 Å². The van der Waals surface area contributed by atoms with Gasteiger partial charge < -0.3 is 15.1 Å². The van der Waals surface area contributed by atoms with E-state index in [1.54, 1.807) is 0 Å². The van der Waals surface area contributed by atoms with E-state index in [1.807, 2.05) is 48.5 Å². The Bertz CT molecular complexity index is 783. The quantitative estimate of drug-likeness (QED) is 0.451. The third kappa shape index (κ3) is 4.74. The zero-order valence-electron chi connectivity index (χ0n) is 13.4. The number of benzene rings is 2. The van der Waals surface area contributed by atoms with Crippen molar-refractivity contribution in [3.05, 3.63) is 57.7 Å². The smallest absolute Gasteiger partial charge is 0.287 e. The number of aliphatic hydroxyl groups is 1. The fraction of sp³-hybridized carbons (Fsp3) is 0.222. The maximum atomic E-state index is 12.4. The first-order valence-corrected chi connectivity index (χ1v) is 9.82. The number of nitrogens with zero attached hydrogens (tertiary/aromatic N) is 1. The Morgan fingerprint density at radius 3 is 2.84 bits per heavy atom. The number of carbonyl (C=O) groups excluding carboxylic acids is 1. The Morgan fingerprint density at radius 1 is 1.28 bits per heavy atom. The number of hydrogen-bond acceptors (Lipinski definition) is 5. The molecule has 0 bridgehead atoms. The van der Waals surface area contributed by atoms with Crippen LogP contribution in [0.3, 0.4) is 0 Å². The van der Waals surface area contributed by atoms with Crippen molar-refractivity contribution in [3.8, 4) is 0 Å². The molecule has 0 saturated heterocycles. The van der Waals surface area contributed by atoms with E-state index in [-0.39, 0.29) is 18.4 Å². The normalized spacial score (nSPS) is 14.1. The molecular formula is C18H18IN3O2S. The molecule has 1 atom stereocenters. The van der Waals surface area contributed by atoms with E-state index in [9.17, 15) is 9.90 Å². The van der Waals surface area contributed by atoms with Crippen LogP contribution in [0.5, 0.6) is 0 Å². The van der Waals surface area contributed by atoms with Gasteiger partial charge in [0, 0.05) is 22.6 Å². The van der Waals surface area contributed by atoms with E-state index >= 15 is 0 Å². The fourth-order valence-corrected chi connectivity index (χ4v) is 4.02. The number of aliphatic hydroxyl groups excluding tert-OH is 1. The van der Waals surface area contributed by atoms with E-state index in [0.29, 0.717) is 18.8 Å². The lowest BCUT2D eigenvalue weighted by Gasteiger charge is -2.19. The van der Waals surface area contributed by atoms with Crippen molar-refractivity contribution < 1.29 is 9.90 Å². The van der Waals surface area contributed by atoms with Gasteiger partial charge in [0.25, 0.3) is 5.91 Å². The Balaban J connectivity index is 1.66. The van der Waals surface area contributed by atoms with Gasteiger partial charge in [-0.1, -0.05) is 30.3 Å². The van der Waals surface area contributed by atoms with Crippen molar-refractivity contribution in [3.63, 3.8) is 0 Å².